The van der Waals surface area contributed by atoms with Crippen LogP contribution >= 0.6 is 11.6 Å². The van der Waals surface area contributed by atoms with Gasteiger partial charge in [0.2, 0.25) is 0 Å². The third-order valence-electron chi connectivity index (χ3n) is 3.90. The third kappa shape index (κ3) is 6.33. The molecule has 3 aromatic rings. The van der Waals surface area contributed by atoms with Gasteiger partial charge in [0.05, 0.1) is 25.0 Å². The Labute approximate surface area is 170 Å². The van der Waals surface area contributed by atoms with E-state index in [0.717, 1.165) is 5.56 Å². The summed E-state index contributed by atoms with van der Waals surface area (Å²) in [6, 6.07) is 13.6. The molecule has 0 aliphatic rings. The maximum Gasteiger partial charge on any atom is 0.411 e. The van der Waals surface area contributed by atoms with Crippen LogP contribution in [0.15, 0.2) is 60.9 Å². The normalized spacial score (nSPS) is 11.4. The smallest absolute Gasteiger partial charge is 0.367 e. The summed E-state index contributed by atoms with van der Waals surface area (Å²) in [5.74, 6) is -0.403. The molecule has 1 heterocycles. The highest BCUT2D eigenvalue weighted by Crippen LogP contribution is 2.18. The molecule has 1 aromatic heterocycles. The Morgan fingerprint density at radius 1 is 1.17 bits per heavy atom. The van der Waals surface area contributed by atoms with E-state index in [1.807, 2.05) is 18.2 Å². The molecule has 0 bridgehead atoms. The SMILES string of the molecule is O=C(Nc1cnn(Cc2ccccc2Cl)c1)c1cccc(COCC(F)(F)F)c1. The number of ether oxygens (including phenoxy) is 1. The molecular formula is C20H17ClF3N3O2. The molecule has 0 spiro atoms. The van der Waals surface area contributed by atoms with Crippen molar-refractivity contribution in [3.63, 3.8) is 0 Å². The lowest BCUT2D eigenvalue weighted by Crippen LogP contribution is -2.17. The Morgan fingerprint density at radius 3 is 2.72 bits per heavy atom. The van der Waals surface area contributed by atoms with Gasteiger partial charge in [-0.3, -0.25) is 9.48 Å². The fraction of sp³-hybridized carbons (Fsp3) is 0.200. The number of nitrogens with zero attached hydrogens (tertiary/aromatic N) is 2. The van der Waals surface area contributed by atoms with Crippen molar-refractivity contribution < 1.29 is 22.7 Å². The lowest BCUT2D eigenvalue weighted by Gasteiger charge is -2.09. The van der Waals surface area contributed by atoms with Crippen molar-refractivity contribution in [2.45, 2.75) is 19.3 Å². The number of rotatable bonds is 7. The van der Waals surface area contributed by atoms with Crippen LogP contribution in [0, 0.1) is 0 Å². The molecule has 3 rings (SSSR count). The predicted octanol–water partition coefficient (Wildman–Crippen LogP) is 4.92. The van der Waals surface area contributed by atoms with Crippen molar-refractivity contribution in [1.29, 1.82) is 0 Å². The van der Waals surface area contributed by atoms with Gasteiger partial charge >= 0.3 is 6.18 Å². The fourth-order valence-electron chi connectivity index (χ4n) is 2.61. The largest absolute Gasteiger partial charge is 0.411 e. The molecule has 9 heteroatoms. The van der Waals surface area contributed by atoms with E-state index in [0.29, 0.717) is 28.4 Å². The average molecular weight is 424 g/mol. The molecule has 0 unspecified atom stereocenters. The van der Waals surface area contributed by atoms with E-state index < -0.39 is 18.7 Å². The van der Waals surface area contributed by atoms with Gasteiger partial charge in [-0.2, -0.15) is 18.3 Å². The summed E-state index contributed by atoms with van der Waals surface area (Å²) in [5, 5.41) is 7.53. The van der Waals surface area contributed by atoms with Crippen LogP contribution < -0.4 is 5.32 Å². The van der Waals surface area contributed by atoms with Gasteiger partial charge in [0.15, 0.2) is 0 Å². The minimum Gasteiger partial charge on any atom is -0.367 e. The first-order valence-corrected chi connectivity index (χ1v) is 8.98. The summed E-state index contributed by atoms with van der Waals surface area (Å²) in [6.07, 6.45) is -1.22. The Hall–Kier alpha value is -2.84. The summed E-state index contributed by atoms with van der Waals surface area (Å²) in [5.41, 5.74) is 2.15. The molecule has 0 saturated heterocycles. The van der Waals surface area contributed by atoms with Crippen molar-refractivity contribution in [3.05, 3.63) is 82.6 Å². The number of amides is 1. The van der Waals surface area contributed by atoms with E-state index in [4.69, 9.17) is 11.6 Å². The number of anilines is 1. The van der Waals surface area contributed by atoms with E-state index in [1.165, 1.54) is 12.3 Å². The standard InChI is InChI=1S/C20H17ClF3N3O2/c21-18-7-2-1-5-16(18)10-27-11-17(9-25-27)26-19(28)15-6-3-4-14(8-15)12-29-13-20(22,23)24/h1-9,11H,10,12-13H2,(H,26,28). The molecule has 0 atom stereocenters. The van der Waals surface area contributed by atoms with Gasteiger partial charge in [-0.25, -0.2) is 0 Å². The zero-order chi connectivity index (χ0) is 20.9. The summed E-state index contributed by atoms with van der Waals surface area (Å²) in [4.78, 5) is 12.4. The first-order chi connectivity index (χ1) is 13.8. The van der Waals surface area contributed by atoms with Crippen LogP contribution in [0.25, 0.3) is 0 Å². The maximum absolute atomic E-state index is 12.4. The number of nitrogens with one attached hydrogen (secondary N) is 1. The first kappa shape index (κ1) is 20.9. The van der Waals surface area contributed by atoms with E-state index in [1.54, 1.807) is 35.1 Å². The highest BCUT2D eigenvalue weighted by atomic mass is 35.5. The highest BCUT2D eigenvalue weighted by molar-refractivity contribution is 6.31. The van der Waals surface area contributed by atoms with Gasteiger partial charge in [-0.15, -0.1) is 0 Å². The summed E-state index contributed by atoms with van der Waals surface area (Å²) in [7, 11) is 0. The third-order valence-corrected chi connectivity index (χ3v) is 4.27. The average Bonchev–Trinajstić information content (AvgIpc) is 3.10. The van der Waals surface area contributed by atoms with Crippen molar-refractivity contribution >= 4 is 23.2 Å². The minimum atomic E-state index is -4.39. The lowest BCUT2D eigenvalue weighted by atomic mass is 10.1. The topological polar surface area (TPSA) is 56.2 Å². The quantitative estimate of drug-likeness (QED) is 0.587. The van der Waals surface area contributed by atoms with Crippen molar-refractivity contribution in [1.82, 2.24) is 9.78 Å². The lowest BCUT2D eigenvalue weighted by molar-refractivity contribution is -0.176. The predicted molar refractivity (Wildman–Crippen MR) is 103 cm³/mol. The molecule has 29 heavy (non-hydrogen) atoms. The zero-order valence-corrected chi connectivity index (χ0v) is 15.9. The Kier molecular flexibility index (Phi) is 6.56. The van der Waals surface area contributed by atoms with Gasteiger partial charge in [-0.05, 0) is 29.3 Å². The van der Waals surface area contributed by atoms with Crippen LogP contribution in [-0.4, -0.2) is 28.5 Å². The number of benzene rings is 2. The molecule has 2 aromatic carbocycles. The Balaban J connectivity index is 1.60. The highest BCUT2D eigenvalue weighted by Gasteiger charge is 2.27. The molecule has 1 amide bonds. The fourth-order valence-corrected chi connectivity index (χ4v) is 2.80. The Morgan fingerprint density at radius 2 is 1.97 bits per heavy atom. The van der Waals surface area contributed by atoms with Gasteiger partial charge < -0.3 is 10.1 Å². The van der Waals surface area contributed by atoms with Crippen molar-refractivity contribution in [3.8, 4) is 0 Å². The molecule has 0 radical (unpaired) electrons. The molecule has 5 nitrogen and oxygen atoms in total. The number of carbonyl (C=O) groups is 1. The van der Waals surface area contributed by atoms with Crippen LogP contribution in [0.3, 0.4) is 0 Å². The maximum atomic E-state index is 12.4. The van der Waals surface area contributed by atoms with Crippen LogP contribution in [0.5, 0.6) is 0 Å². The van der Waals surface area contributed by atoms with Crippen LogP contribution in [0.4, 0.5) is 18.9 Å². The van der Waals surface area contributed by atoms with E-state index in [9.17, 15) is 18.0 Å². The first-order valence-electron chi connectivity index (χ1n) is 8.61. The number of halogens is 4. The van der Waals surface area contributed by atoms with Crippen molar-refractivity contribution in [2.24, 2.45) is 0 Å². The number of carbonyl (C=O) groups excluding carboxylic acids is 1. The number of alkyl halides is 3. The second kappa shape index (κ2) is 9.11. The van der Waals surface area contributed by atoms with Gasteiger partial charge in [0, 0.05) is 16.8 Å². The molecular weight excluding hydrogens is 407 g/mol. The molecule has 0 fully saturated rings. The Bertz CT molecular complexity index is 989. The van der Waals surface area contributed by atoms with Crippen LogP contribution in [0.2, 0.25) is 5.02 Å². The number of hydrogen-bond donors (Lipinski definition) is 1. The molecule has 0 aliphatic heterocycles. The van der Waals surface area contributed by atoms with E-state index in [2.05, 4.69) is 15.2 Å². The minimum absolute atomic E-state index is 0.240. The summed E-state index contributed by atoms with van der Waals surface area (Å²) in [6.45, 7) is -1.13. The van der Waals surface area contributed by atoms with Gasteiger partial charge in [-0.1, -0.05) is 41.9 Å². The zero-order valence-electron chi connectivity index (χ0n) is 15.1. The second-order valence-corrected chi connectivity index (χ2v) is 6.69. The molecule has 0 saturated carbocycles. The number of aromatic nitrogens is 2. The molecule has 152 valence electrons. The van der Waals surface area contributed by atoms with Gasteiger partial charge in [0.25, 0.3) is 5.91 Å². The van der Waals surface area contributed by atoms with E-state index >= 15 is 0 Å². The van der Waals surface area contributed by atoms with Crippen LogP contribution in [0.1, 0.15) is 21.5 Å². The summed E-state index contributed by atoms with van der Waals surface area (Å²) < 4.78 is 42.8. The number of hydrogen-bond acceptors (Lipinski definition) is 3. The van der Waals surface area contributed by atoms with Gasteiger partial charge in [0.1, 0.15) is 6.61 Å². The molecule has 0 aliphatic carbocycles. The second-order valence-electron chi connectivity index (χ2n) is 6.28. The monoisotopic (exact) mass is 423 g/mol. The van der Waals surface area contributed by atoms with Crippen molar-refractivity contribution in [2.75, 3.05) is 11.9 Å². The van der Waals surface area contributed by atoms with Crippen LogP contribution in [-0.2, 0) is 17.9 Å². The van der Waals surface area contributed by atoms with E-state index in [-0.39, 0.29) is 6.61 Å². The summed E-state index contributed by atoms with van der Waals surface area (Å²) >= 11 is 6.14. The molecule has 1 N–H and O–H groups in total.